The van der Waals surface area contributed by atoms with Crippen molar-refractivity contribution in [3.63, 3.8) is 0 Å². The smallest absolute Gasteiger partial charge is 0.261 e. The minimum Gasteiger partial charge on any atom is -0.261 e. The second-order valence-electron chi connectivity index (χ2n) is 3.28. The van der Waals surface area contributed by atoms with E-state index in [1.54, 1.807) is 0 Å². The third kappa shape index (κ3) is 2.56. The zero-order valence-corrected chi connectivity index (χ0v) is 9.30. The highest BCUT2D eigenvalue weighted by molar-refractivity contribution is 6.31. The molecule has 0 N–H and O–H groups in total. The summed E-state index contributed by atoms with van der Waals surface area (Å²) in [6.45, 7) is 0. The molecular formula is C10H4ClF4N3. The van der Waals surface area contributed by atoms with Crippen LogP contribution in [-0.2, 0) is 6.18 Å². The van der Waals surface area contributed by atoms with Crippen LogP contribution < -0.4 is 0 Å². The summed E-state index contributed by atoms with van der Waals surface area (Å²) in [6.07, 6.45) is -1.80. The molecule has 0 unspecified atom stereocenters. The maximum Gasteiger partial charge on any atom is 0.434 e. The number of nitrogens with zero attached hydrogens (tertiary/aromatic N) is 3. The van der Waals surface area contributed by atoms with Gasteiger partial charge in [0.15, 0.2) is 11.5 Å². The molecule has 0 amide bonds. The van der Waals surface area contributed by atoms with Crippen molar-refractivity contribution in [3.05, 3.63) is 41.2 Å². The summed E-state index contributed by atoms with van der Waals surface area (Å²) in [4.78, 5) is 10.4. The lowest BCUT2D eigenvalue weighted by Gasteiger charge is -2.08. The van der Waals surface area contributed by atoms with Gasteiger partial charge in [-0.25, -0.2) is 14.4 Å². The molecule has 2 aromatic heterocycles. The van der Waals surface area contributed by atoms with Crippen molar-refractivity contribution in [2.45, 2.75) is 6.18 Å². The highest BCUT2D eigenvalue weighted by Crippen LogP contribution is 2.33. The van der Waals surface area contributed by atoms with Crippen LogP contribution in [0, 0.1) is 5.82 Å². The Morgan fingerprint density at radius 1 is 1.11 bits per heavy atom. The zero-order valence-electron chi connectivity index (χ0n) is 8.54. The van der Waals surface area contributed by atoms with Crippen LogP contribution in [0.2, 0.25) is 5.02 Å². The molecular weight excluding hydrogens is 274 g/mol. The summed E-state index contributed by atoms with van der Waals surface area (Å²) in [5.74, 6) is -0.988. The highest BCUT2D eigenvalue weighted by Gasteiger charge is 2.36. The Morgan fingerprint density at radius 3 is 2.44 bits per heavy atom. The predicted octanol–water partition coefficient (Wildman–Crippen LogP) is 3.35. The molecule has 2 heterocycles. The van der Waals surface area contributed by atoms with Crippen molar-refractivity contribution in [1.82, 2.24) is 15.0 Å². The van der Waals surface area contributed by atoms with E-state index in [-0.39, 0.29) is 11.4 Å². The van der Waals surface area contributed by atoms with Crippen LogP contribution in [0.15, 0.2) is 24.7 Å². The van der Waals surface area contributed by atoms with Gasteiger partial charge >= 0.3 is 6.18 Å². The fourth-order valence-electron chi connectivity index (χ4n) is 1.24. The second-order valence-corrected chi connectivity index (χ2v) is 3.69. The Morgan fingerprint density at radius 2 is 1.83 bits per heavy atom. The normalized spacial score (nSPS) is 11.6. The minimum absolute atomic E-state index is 0.0390. The van der Waals surface area contributed by atoms with Crippen LogP contribution in [0.4, 0.5) is 17.6 Å². The van der Waals surface area contributed by atoms with Gasteiger partial charge in [0.05, 0.1) is 17.4 Å². The van der Waals surface area contributed by atoms with Crippen LogP contribution in [0.1, 0.15) is 5.69 Å². The summed E-state index contributed by atoms with van der Waals surface area (Å²) >= 11 is 5.36. The molecule has 0 aliphatic carbocycles. The van der Waals surface area contributed by atoms with Crippen LogP contribution in [-0.4, -0.2) is 15.0 Å². The molecule has 18 heavy (non-hydrogen) atoms. The molecule has 2 rings (SSSR count). The number of pyridine rings is 1. The Labute approximate surface area is 103 Å². The molecule has 0 fully saturated rings. The largest absolute Gasteiger partial charge is 0.434 e. The molecule has 0 radical (unpaired) electrons. The quantitative estimate of drug-likeness (QED) is 0.750. The summed E-state index contributed by atoms with van der Waals surface area (Å²) in [5.41, 5.74) is -1.23. The number of rotatable bonds is 1. The van der Waals surface area contributed by atoms with Gasteiger partial charge in [-0.2, -0.15) is 13.2 Å². The summed E-state index contributed by atoms with van der Waals surface area (Å²) in [7, 11) is 0. The predicted molar refractivity (Wildman–Crippen MR) is 55.2 cm³/mol. The van der Waals surface area contributed by atoms with Crippen molar-refractivity contribution in [3.8, 4) is 11.4 Å². The van der Waals surface area contributed by atoms with Crippen molar-refractivity contribution >= 4 is 11.6 Å². The topological polar surface area (TPSA) is 38.7 Å². The van der Waals surface area contributed by atoms with Crippen molar-refractivity contribution in [2.24, 2.45) is 0 Å². The molecule has 0 aliphatic rings. The molecule has 2 aromatic rings. The minimum atomic E-state index is -4.70. The third-order valence-electron chi connectivity index (χ3n) is 1.98. The summed E-state index contributed by atoms with van der Waals surface area (Å²) in [6, 6.07) is 0.983. The average molecular weight is 278 g/mol. The average Bonchev–Trinajstić information content (AvgIpc) is 2.28. The molecule has 0 aromatic carbocycles. The molecule has 0 spiro atoms. The van der Waals surface area contributed by atoms with E-state index < -0.39 is 22.7 Å². The van der Waals surface area contributed by atoms with Gasteiger partial charge < -0.3 is 0 Å². The number of aromatic nitrogens is 3. The first-order valence-electron chi connectivity index (χ1n) is 4.58. The number of halogens is 5. The van der Waals surface area contributed by atoms with Gasteiger partial charge in [0.25, 0.3) is 0 Å². The fraction of sp³-hybridized carbons (Fsp3) is 0.100. The van der Waals surface area contributed by atoms with E-state index in [0.717, 1.165) is 24.7 Å². The van der Waals surface area contributed by atoms with Crippen LogP contribution in [0.5, 0.6) is 0 Å². The van der Waals surface area contributed by atoms with E-state index in [0.29, 0.717) is 0 Å². The Kier molecular flexibility index (Phi) is 3.16. The molecule has 8 heteroatoms. The lowest BCUT2D eigenvalue weighted by Crippen LogP contribution is -2.10. The van der Waals surface area contributed by atoms with Crippen LogP contribution >= 0.6 is 11.6 Å². The Hall–Kier alpha value is -1.76. The fourth-order valence-corrected chi connectivity index (χ4v) is 1.44. The van der Waals surface area contributed by atoms with E-state index in [1.807, 2.05) is 0 Å². The van der Waals surface area contributed by atoms with E-state index >= 15 is 0 Å². The molecule has 0 bridgehead atoms. The maximum atomic E-state index is 12.9. The molecule has 0 atom stereocenters. The number of hydrogen-bond acceptors (Lipinski definition) is 3. The van der Waals surface area contributed by atoms with Crippen molar-refractivity contribution < 1.29 is 17.6 Å². The van der Waals surface area contributed by atoms with E-state index in [9.17, 15) is 17.6 Å². The molecule has 0 saturated heterocycles. The first-order valence-corrected chi connectivity index (χ1v) is 4.96. The lowest BCUT2D eigenvalue weighted by molar-refractivity contribution is -0.141. The molecule has 3 nitrogen and oxygen atoms in total. The van der Waals surface area contributed by atoms with Crippen molar-refractivity contribution in [2.75, 3.05) is 0 Å². The van der Waals surface area contributed by atoms with Crippen LogP contribution in [0.3, 0.4) is 0 Å². The molecule has 0 aliphatic heterocycles. The Balaban J connectivity index is 2.54. The van der Waals surface area contributed by atoms with Crippen molar-refractivity contribution in [1.29, 1.82) is 0 Å². The Bertz CT molecular complexity index is 586. The molecule has 94 valence electrons. The molecule has 0 saturated carbocycles. The van der Waals surface area contributed by atoms with E-state index in [1.165, 1.54) is 0 Å². The summed E-state index contributed by atoms with van der Waals surface area (Å²) in [5, 5.41) is -0.615. The van der Waals surface area contributed by atoms with Gasteiger partial charge in [0.1, 0.15) is 5.82 Å². The monoisotopic (exact) mass is 277 g/mol. The van der Waals surface area contributed by atoms with Gasteiger partial charge in [-0.3, -0.25) is 4.98 Å². The van der Waals surface area contributed by atoms with E-state index in [4.69, 9.17) is 11.6 Å². The highest BCUT2D eigenvalue weighted by atomic mass is 35.5. The second kappa shape index (κ2) is 4.49. The van der Waals surface area contributed by atoms with Gasteiger partial charge in [0, 0.05) is 11.8 Å². The zero-order chi connectivity index (χ0) is 13.3. The number of alkyl halides is 3. The van der Waals surface area contributed by atoms with Gasteiger partial charge in [-0.05, 0) is 6.07 Å². The maximum absolute atomic E-state index is 12.9. The summed E-state index contributed by atoms with van der Waals surface area (Å²) < 4.78 is 50.6. The SMILES string of the molecule is Fc1cncc(-c2ncc(Cl)c(C(F)(F)F)n2)c1. The third-order valence-corrected chi connectivity index (χ3v) is 2.25. The van der Waals surface area contributed by atoms with Gasteiger partial charge in [-0.15, -0.1) is 0 Å². The lowest BCUT2D eigenvalue weighted by atomic mass is 10.2. The first kappa shape index (κ1) is 12.7. The first-order chi connectivity index (χ1) is 8.38. The number of hydrogen-bond donors (Lipinski definition) is 0. The standard InChI is InChI=1S/C10H4ClF4N3/c11-7-4-17-9(18-8(7)10(13,14)15)5-1-6(12)3-16-2-5/h1-4H. The van der Waals surface area contributed by atoms with E-state index in [2.05, 4.69) is 15.0 Å². The van der Waals surface area contributed by atoms with Crippen LogP contribution in [0.25, 0.3) is 11.4 Å². The van der Waals surface area contributed by atoms with Gasteiger partial charge in [0.2, 0.25) is 0 Å². The van der Waals surface area contributed by atoms with Gasteiger partial charge in [-0.1, -0.05) is 11.6 Å².